The van der Waals surface area contributed by atoms with E-state index in [9.17, 15) is 9.18 Å². The summed E-state index contributed by atoms with van der Waals surface area (Å²) >= 11 is 0. The van der Waals surface area contributed by atoms with Crippen molar-refractivity contribution in [2.24, 2.45) is 5.92 Å². The molecule has 2 aliphatic rings. The van der Waals surface area contributed by atoms with Gasteiger partial charge in [-0.05, 0) is 74.2 Å². The first-order valence-corrected chi connectivity index (χ1v) is 11.6. The predicted octanol–water partition coefficient (Wildman–Crippen LogP) is 6.58. The van der Waals surface area contributed by atoms with Crippen LogP contribution in [0, 0.1) is 11.7 Å². The van der Waals surface area contributed by atoms with E-state index in [0.717, 1.165) is 35.8 Å². The van der Waals surface area contributed by atoms with Crippen LogP contribution in [0.1, 0.15) is 59.4 Å². The smallest absolute Gasteiger partial charge is 0.317 e. The first kappa shape index (κ1) is 24.9. The van der Waals surface area contributed by atoms with Crippen molar-refractivity contribution in [2.75, 3.05) is 29.9 Å². The lowest BCUT2D eigenvalue weighted by Gasteiger charge is -2.24. The fourth-order valence-electron chi connectivity index (χ4n) is 3.61. The van der Waals surface area contributed by atoms with Crippen LogP contribution in [0.15, 0.2) is 48.5 Å². The Labute approximate surface area is 187 Å². The van der Waals surface area contributed by atoms with Gasteiger partial charge in [-0.3, -0.25) is 4.90 Å². The third-order valence-electron chi connectivity index (χ3n) is 5.84. The predicted molar refractivity (Wildman–Crippen MR) is 129 cm³/mol. The molecule has 1 fully saturated rings. The third-order valence-corrected chi connectivity index (χ3v) is 5.84. The van der Waals surface area contributed by atoms with E-state index in [4.69, 9.17) is 0 Å². The maximum absolute atomic E-state index is 13.6. The van der Waals surface area contributed by atoms with E-state index >= 15 is 0 Å². The molecule has 2 N–H and O–H groups in total. The largest absolute Gasteiger partial charge is 0.326 e. The normalized spacial score (nSPS) is 18.8. The zero-order valence-corrected chi connectivity index (χ0v) is 19.7. The highest BCUT2D eigenvalue weighted by Crippen LogP contribution is 2.43. The molecule has 1 atom stereocenters. The van der Waals surface area contributed by atoms with Crippen molar-refractivity contribution in [3.8, 4) is 0 Å². The first-order valence-electron chi connectivity index (χ1n) is 11.6. The van der Waals surface area contributed by atoms with Gasteiger partial charge in [0.2, 0.25) is 0 Å². The quantitative estimate of drug-likeness (QED) is 0.566. The fraction of sp³-hybridized carbons (Fsp3) is 0.500. The Morgan fingerprint density at radius 3 is 2.39 bits per heavy atom. The molecule has 0 saturated heterocycles. The van der Waals surface area contributed by atoms with Gasteiger partial charge in [0, 0.05) is 23.3 Å². The second kappa shape index (κ2) is 11.8. The molecule has 1 aliphatic carbocycles. The van der Waals surface area contributed by atoms with Crippen molar-refractivity contribution >= 4 is 17.4 Å². The lowest BCUT2D eigenvalue weighted by Crippen LogP contribution is -2.37. The number of rotatable bonds is 5. The van der Waals surface area contributed by atoms with E-state index in [-0.39, 0.29) is 17.3 Å². The molecule has 5 heteroatoms. The monoisotopic (exact) mass is 427 g/mol. The van der Waals surface area contributed by atoms with E-state index in [0.29, 0.717) is 6.54 Å². The Morgan fingerprint density at radius 2 is 1.81 bits per heavy atom. The highest BCUT2D eigenvalue weighted by atomic mass is 19.1. The molecule has 1 saturated carbocycles. The van der Waals surface area contributed by atoms with Gasteiger partial charge >= 0.3 is 6.03 Å². The Hall–Kier alpha value is -2.40. The minimum atomic E-state index is -0.260. The molecule has 2 aromatic carbocycles. The number of amides is 2. The van der Waals surface area contributed by atoms with Crippen LogP contribution < -0.4 is 15.5 Å². The van der Waals surface area contributed by atoms with Gasteiger partial charge in [0.05, 0.1) is 0 Å². The molecule has 0 aromatic heterocycles. The molecule has 2 aromatic rings. The van der Waals surface area contributed by atoms with Crippen molar-refractivity contribution in [1.29, 1.82) is 0 Å². The summed E-state index contributed by atoms with van der Waals surface area (Å²) in [5.41, 5.74) is 2.23. The van der Waals surface area contributed by atoms with Crippen LogP contribution in [0.3, 0.4) is 0 Å². The van der Waals surface area contributed by atoms with Gasteiger partial charge in [0.15, 0.2) is 0 Å². The van der Waals surface area contributed by atoms with E-state index in [1.54, 1.807) is 17.0 Å². The molecule has 0 spiro atoms. The number of carbonyl (C=O) groups excluding carboxylic acids is 1. The molecule has 2 amide bonds. The van der Waals surface area contributed by atoms with Gasteiger partial charge in [0.1, 0.15) is 5.82 Å². The van der Waals surface area contributed by atoms with Crippen LogP contribution >= 0.6 is 0 Å². The number of hydrogen-bond acceptors (Lipinski definition) is 2. The standard InChI is InChI=1S/C18H19FN2O.C6H13N.C2H6/c1-3-18(2)12-21(16-10-9-13(19)11-15(16)18)17(22)20-14-7-5-4-6-8-14;1-2-7-5-6-3-4-6;1-2/h4-11H,3,12H2,1-2H3,(H,20,22);6-7H,2-5H2,1H3;1-2H3. The fourth-order valence-corrected chi connectivity index (χ4v) is 3.61. The van der Waals surface area contributed by atoms with Crippen LogP contribution in [0.25, 0.3) is 0 Å². The average Bonchev–Trinajstić information content (AvgIpc) is 3.58. The van der Waals surface area contributed by atoms with Gasteiger partial charge in [-0.25, -0.2) is 9.18 Å². The summed E-state index contributed by atoms with van der Waals surface area (Å²) in [6.07, 6.45) is 3.78. The molecule has 1 unspecified atom stereocenters. The van der Waals surface area contributed by atoms with Crippen LogP contribution in [-0.2, 0) is 5.41 Å². The Balaban J connectivity index is 0.000000319. The number of para-hydroxylation sites is 1. The summed E-state index contributed by atoms with van der Waals surface area (Å²) in [5.74, 6) is 0.781. The summed E-state index contributed by atoms with van der Waals surface area (Å²) in [4.78, 5) is 14.3. The third kappa shape index (κ3) is 6.79. The van der Waals surface area contributed by atoms with Crippen molar-refractivity contribution < 1.29 is 9.18 Å². The van der Waals surface area contributed by atoms with Crippen molar-refractivity contribution in [1.82, 2.24) is 5.32 Å². The summed E-state index contributed by atoms with van der Waals surface area (Å²) in [6.45, 7) is 13.2. The number of halogens is 1. The van der Waals surface area contributed by atoms with Crippen molar-refractivity contribution in [3.05, 3.63) is 59.9 Å². The number of anilines is 2. The minimum absolute atomic E-state index is 0.184. The topological polar surface area (TPSA) is 44.4 Å². The minimum Gasteiger partial charge on any atom is -0.317 e. The zero-order chi connectivity index (χ0) is 22.9. The van der Waals surface area contributed by atoms with E-state index in [1.165, 1.54) is 25.5 Å². The molecule has 31 heavy (non-hydrogen) atoms. The zero-order valence-electron chi connectivity index (χ0n) is 19.7. The number of urea groups is 1. The number of benzene rings is 2. The maximum Gasteiger partial charge on any atom is 0.326 e. The molecule has 1 heterocycles. The maximum atomic E-state index is 13.6. The summed E-state index contributed by atoms with van der Waals surface area (Å²) in [5, 5.41) is 6.20. The summed E-state index contributed by atoms with van der Waals surface area (Å²) < 4.78 is 13.6. The lowest BCUT2D eigenvalue weighted by molar-refractivity contribution is 0.256. The van der Waals surface area contributed by atoms with Crippen LogP contribution in [0.2, 0.25) is 0 Å². The Bertz CT molecular complexity index is 823. The Kier molecular flexibility index (Phi) is 9.50. The average molecular weight is 428 g/mol. The van der Waals surface area contributed by atoms with Gasteiger partial charge in [-0.2, -0.15) is 0 Å². The lowest BCUT2D eigenvalue weighted by atomic mass is 9.82. The number of carbonyl (C=O) groups is 1. The summed E-state index contributed by atoms with van der Waals surface area (Å²) in [6, 6.07) is 13.8. The number of fused-ring (bicyclic) bond motifs is 1. The van der Waals surface area contributed by atoms with Gasteiger partial charge in [-0.15, -0.1) is 0 Å². The van der Waals surface area contributed by atoms with Crippen LogP contribution in [0.4, 0.5) is 20.6 Å². The number of nitrogens with one attached hydrogen (secondary N) is 2. The molecule has 4 rings (SSSR count). The first-order chi connectivity index (χ1) is 15.0. The molecular weight excluding hydrogens is 389 g/mol. The van der Waals surface area contributed by atoms with Crippen molar-refractivity contribution in [2.45, 2.75) is 59.3 Å². The highest BCUT2D eigenvalue weighted by Gasteiger charge is 2.40. The molecule has 0 radical (unpaired) electrons. The molecule has 0 bridgehead atoms. The SMILES string of the molecule is CC.CCC1(C)CN(C(=O)Nc2ccccc2)c2ccc(F)cc21.CCNCC1CC1. The number of hydrogen-bond donors (Lipinski definition) is 2. The van der Waals surface area contributed by atoms with E-state index in [1.807, 2.05) is 44.2 Å². The Morgan fingerprint density at radius 1 is 1.13 bits per heavy atom. The van der Waals surface area contributed by atoms with Crippen LogP contribution in [0.5, 0.6) is 0 Å². The molecule has 170 valence electrons. The van der Waals surface area contributed by atoms with Gasteiger partial charge in [-0.1, -0.05) is 52.8 Å². The molecular formula is C26H38FN3O. The second-order valence-corrected chi connectivity index (χ2v) is 8.21. The summed E-state index contributed by atoms with van der Waals surface area (Å²) in [7, 11) is 0. The molecule has 4 nitrogen and oxygen atoms in total. The second-order valence-electron chi connectivity index (χ2n) is 8.21. The van der Waals surface area contributed by atoms with E-state index < -0.39 is 0 Å². The highest BCUT2D eigenvalue weighted by molar-refractivity contribution is 6.03. The van der Waals surface area contributed by atoms with E-state index in [2.05, 4.69) is 31.4 Å². The van der Waals surface area contributed by atoms with Gasteiger partial charge < -0.3 is 10.6 Å². The van der Waals surface area contributed by atoms with Crippen molar-refractivity contribution in [3.63, 3.8) is 0 Å². The number of nitrogens with zero attached hydrogens (tertiary/aromatic N) is 1. The van der Waals surface area contributed by atoms with Crippen LogP contribution in [-0.4, -0.2) is 25.7 Å². The van der Waals surface area contributed by atoms with Gasteiger partial charge in [0.25, 0.3) is 0 Å². The molecule has 1 aliphatic heterocycles.